The van der Waals surface area contributed by atoms with E-state index < -0.39 is 5.97 Å². The molecule has 2 aliphatic rings. The summed E-state index contributed by atoms with van der Waals surface area (Å²) >= 11 is 0. The molecule has 7 heteroatoms. The van der Waals surface area contributed by atoms with E-state index in [2.05, 4.69) is 15.6 Å². The van der Waals surface area contributed by atoms with Gasteiger partial charge in [-0.3, -0.25) is 0 Å². The molecule has 2 saturated carbocycles. The number of carboxylic acids is 1. The number of hydrogen-bond donors (Lipinski definition) is 3. The van der Waals surface area contributed by atoms with E-state index in [0.29, 0.717) is 31.0 Å². The van der Waals surface area contributed by atoms with Gasteiger partial charge in [-0.15, -0.1) is 0 Å². The van der Waals surface area contributed by atoms with Gasteiger partial charge in [-0.2, -0.15) is 0 Å². The van der Waals surface area contributed by atoms with Crippen molar-refractivity contribution < 1.29 is 14.7 Å². The Hall–Kier alpha value is -2.05. The fourth-order valence-corrected chi connectivity index (χ4v) is 2.63. The molecule has 0 bridgehead atoms. The number of urea groups is 1. The summed E-state index contributed by atoms with van der Waals surface area (Å²) in [6, 6.07) is 0.217. The van der Waals surface area contributed by atoms with Gasteiger partial charge in [-0.1, -0.05) is 0 Å². The van der Waals surface area contributed by atoms with E-state index in [-0.39, 0.29) is 11.7 Å². The zero-order valence-corrected chi connectivity index (χ0v) is 11.8. The lowest BCUT2D eigenvalue weighted by atomic mass is 10.1. The van der Waals surface area contributed by atoms with Gasteiger partial charge in [0.2, 0.25) is 0 Å². The quantitative estimate of drug-likeness (QED) is 0.700. The minimum Gasteiger partial charge on any atom is -0.476 e. The van der Waals surface area contributed by atoms with Crippen LogP contribution in [0.15, 0.2) is 12.5 Å². The maximum atomic E-state index is 11.9. The van der Waals surface area contributed by atoms with E-state index in [9.17, 15) is 9.59 Å². The van der Waals surface area contributed by atoms with Crippen molar-refractivity contribution in [2.24, 2.45) is 11.8 Å². The van der Waals surface area contributed by atoms with Crippen LogP contribution in [0, 0.1) is 11.8 Å². The highest BCUT2D eigenvalue weighted by molar-refractivity contribution is 5.84. The van der Waals surface area contributed by atoms with Gasteiger partial charge >= 0.3 is 12.0 Å². The molecule has 2 aliphatic carbocycles. The number of aromatic nitrogens is 2. The Labute approximate surface area is 122 Å². The first-order valence-electron chi connectivity index (χ1n) is 7.43. The molecule has 0 saturated heterocycles. The molecule has 2 fully saturated rings. The largest absolute Gasteiger partial charge is 0.476 e. The second kappa shape index (κ2) is 5.75. The summed E-state index contributed by atoms with van der Waals surface area (Å²) in [7, 11) is 0. The SMILES string of the molecule is O=C(NCCn1cnc(C(=O)O)c1)NC(C1CC1)C1CC1. The lowest BCUT2D eigenvalue weighted by Gasteiger charge is -2.18. The van der Waals surface area contributed by atoms with Crippen molar-refractivity contribution in [1.29, 1.82) is 0 Å². The molecule has 2 amide bonds. The Balaban J connectivity index is 1.39. The summed E-state index contributed by atoms with van der Waals surface area (Å²) < 4.78 is 1.66. The van der Waals surface area contributed by atoms with Crippen LogP contribution >= 0.6 is 0 Å². The molecular weight excluding hydrogens is 272 g/mol. The van der Waals surface area contributed by atoms with Crippen molar-refractivity contribution in [2.75, 3.05) is 6.54 Å². The highest BCUT2D eigenvalue weighted by Gasteiger charge is 2.42. The maximum absolute atomic E-state index is 11.9. The predicted octanol–water partition coefficient (Wildman–Crippen LogP) is 1.07. The summed E-state index contributed by atoms with van der Waals surface area (Å²) in [5.74, 6) is 0.307. The normalized spacial score (nSPS) is 17.8. The number of nitrogens with one attached hydrogen (secondary N) is 2. The molecule has 7 nitrogen and oxygen atoms in total. The van der Waals surface area contributed by atoms with Gasteiger partial charge in [0.05, 0.1) is 6.33 Å². The molecule has 0 aromatic carbocycles. The van der Waals surface area contributed by atoms with E-state index in [4.69, 9.17) is 5.11 Å². The monoisotopic (exact) mass is 292 g/mol. The first-order chi connectivity index (χ1) is 10.1. The van der Waals surface area contributed by atoms with Crippen LogP contribution in [0.1, 0.15) is 36.2 Å². The standard InChI is InChI=1S/C14H20N4O3/c19-13(20)11-7-18(8-16-11)6-5-15-14(21)17-12(9-1-2-9)10-3-4-10/h7-10,12H,1-6H2,(H,19,20)(H2,15,17,21). The Kier molecular flexibility index (Phi) is 3.81. The van der Waals surface area contributed by atoms with Gasteiger partial charge in [-0.25, -0.2) is 14.6 Å². The highest BCUT2D eigenvalue weighted by Crippen LogP contribution is 2.44. The number of carboxylic acid groups (broad SMARTS) is 1. The number of carbonyl (C=O) groups is 2. The minimum atomic E-state index is -1.05. The zero-order valence-electron chi connectivity index (χ0n) is 11.8. The Bertz CT molecular complexity index is 522. The van der Waals surface area contributed by atoms with Crippen LogP contribution in [0.25, 0.3) is 0 Å². The number of nitrogens with zero attached hydrogens (tertiary/aromatic N) is 2. The number of amides is 2. The summed E-state index contributed by atoms with van der Waals surface area (Å²) in [5, 5.41) is 14.7. The van der Waals surface area contributed by atoms with E-state index in [0.717, 1.165) is 0 Å². The first kappa shape index (κ1) is 13.9. The number of carbonyl (C=O) groups excluding carboxylic acids is 1. The predicted molar refractivity (Wildman–Crippen MR) is 75.0 cm³/mol. The molecule has 3 rings (SSSR count). The lowest BCUT2D eigenvalue weighted by Crippen LogP contribution is -2.45. The maximum Gasteiger partial charge on any atom is 0.356 e. The highest BCUT2D eigenvalue weighted by atomic mass is 16.4. The van der Waals surface area contributed by atoms with Crippen LogP contribution in [0.2, 0.25) is 0 Å². The smallest absolute Gasteiger partial charge is 0.356 e. The minimum absolute atomic E-state index is 0.0157. The van der Waals surface area contributed by atoms with Gasteiger partial charge in [-0.05, 0) is 37.5 Å². The van der Waals surface area contributed by atoms with Crippen LogP contribution in [-0.4, -0.2) is 39.2 Å². The third kappa shape index (κ3) is 3.74. The fraction of sp³-hybridized carbons (Fsp3) is 0.643. The summed E-state index contributed by atoms with van der Waals surface area (Å²) in [5.41, 5.74) is 0.0157. The van der Waals surface area contributed by atoms with Crippen LogP contribution in [-0.2, 0) is 6.54 Å². The molecule has 1 aromatic rings. The van der Waals surface area contributed by atoms with Crippen molar-refractivity contribution in [3.8, 4) is 0 Å². The van der Waals surface area contributed by atoms with E-state index in [1.807, 2.05) is 0 Å². The van der Waals surface area contributed by atoms with Gasteiger partial charge in [0.25, 0.3) is 0 Å². The molecule has 1 heterocycles. The summed E-state index contributed by atoms with van der Waals surface area (Å²) in [4.78, 5) is 26.3. The Morgan fingerprint density at radius 2 is 2.00 bits per heavy atom. The van der Waals surface area contributed by atoms with Crippen molar-refractivity contribution in [3.63, 3.8) is 0 Å². The fourth-order valence-electron chi connectivity index (χ4n) is 2.63. The molecule has 21 heavy (non-hydrogen) atoms. The van der Waals surface area contributed by atoms with Crippen molar-refractivity contribution in [2.45, 2.75) is 38.3 Å². The van der Waals surface area contributed by atoms with Crippen LogP contribution < -0.4 is 10.6 Å². The van der Waals surface area contributed by atoms with Crippen molar-refractivity contribution in [3.05, 3.63) is 18.2 Å². The van der Waals surface area contributed by atoms with Gasteiger partial charge in [0.15, 0.2) is 5.69 Å². The number of hydrogen-bond acceptors (Lipinski definition) is 3. The average molecular weight is 292 g/mol. The van der Waals surface area contributed by atoms with Crippen molar-refractivity contribution >= 4 is 12.0 Å². The number of aromatic carboxylic acids is 1. The molecule has 0 spiro atoms. The molecule has 0 aliphatic heterocycles. The number of rotatable bonds is 7. The second-order valence-corrected chi connectivity index (χ2v) is 5.90. The molecule has 1 aromatic heterocycles. The summed E-state index contributed by atoms with van der Waals surface area (Å²) in [6.45, 7) is 0.953. The molecule has 0 unspecified atom stereocenters. The molecule has 0 radical (unpaired) electrons. The van der Waals surface area contributed by atoms with Crippen LogP contribution in [0.4, 0.5) is 4.79 Å². The third-order valence-electron chi connectivity index (χ3n) is 4.07. The Morgan fingerprint density at radius 1 is 1.33 bits per heavy atom. The van der Waals surface area contributed by atoms with Gasteiger partial charge < -0.3 is 20.3 Å². The molecule has 0 atom stereocenters. The zero-order chi connectivity index (χ0) is 14.8. The molecular formula is C14H20N4O3. The van der Waals surface area contributed by atoms with Gasteiger partial charge in [0, 0.05) is 25.3 Å². The van der Waals surface area contributed by atoms with E-state index >= 15 is 0 Å². The Morgan fingerprint density at radius 3 is 2.52 bits per heavy atom. The van der Waals surface area contributed by atoms with Crippen LogP contribution in [0.5, 0.6) is 0 Å². The van der Waals surface area contributed by atoms with E-state index in [1.54, 1.807) is 4.57 Å². The average Bonchev–Trinajstić information content (AvgIpc) is 3.35. The summed E-state index contributed by atoms with van der Waals surface area (Å²) in [6.07, 6.45) is 7.84. The lowest BCUT2D eigenvalue weighted by molar-refractivity contribution is 0.0691. The van der Waals surface area contributed by atoms with Crippen LogP contribution in [0.3, 0.4) is 0 Å². The van der Waals surface area contributed by atoms with Crippen molar-refractivity contribution in [1.82, 2.24) is 20.2 Å². The second-order valence-electron chi connectivity index (χ2n) is 5.90. The van der Waals surface area contributed by atoms with E-state index in [1.165, 1.54) is 38.2 Å². The number of imidazole rings is 1. The molecule has 3 N–H and O–H groups in total. The third-order valence-corrected chi connectivity index (χ3v) is 4.07. The first-order valence-corrected chi connectivity index (χ1v) is 7.43. The van der Waals surface area contributed by atoms with Gasteiger partial charge in [0.1, 0.15) is 0 Å². The topological polar surface area (TPSA) is 96.2 Å². The molecule has 114 valence electrons.